The Bertz CT molecular complexity index is 227. The van der Waals surface area contributed by atoms with E-state index in [2.05, 4.69) is 41.5 Å². The van der Waals surface area contributed by atoms with Crippen LogP contribution in [0, 0.1) is 10.8 Å². The van der Waals surface area contributed by atoms with E-state index in [9.17, 15) is 0 Å². The van der Waals surface area contributed by atoms with Crippen LogP contribution in [0.3, 0.4) is 0 Å². The average Bonchev–Trinajstić information content (AvgIpc) is 2.29. The Labute approximate surface area is 121 Å². The van der Waals surface area contributed by atoms with Gasteiger partial charge in [-0.15, -0.1) is 0 Å². The Kier molecular flexibility index (Phi) is 7.60. The summed E-state index contributed by atoms with van der Waals surface area (Å²) in [6.45, 7) is 13.6. The van der Waals surface area contributed by atoms with E-state index in [1.54, 1.807) is 0 Å². The van der Waals surface area contributed by atoms with Gasteiger partial charge in [-0.1, -0.05) is 67.2 Å². The molecule has 0 aliphatic carbocycles. The van der Waals surface area contributed by atoms with Crippen LogP contribution < -0.4 is 11.5 Å². The van der Waals surface area contributed by atoms with Crippen molar-refractivity contribution in [3.63, 3.8) is 0 Å². The molecule has 0 radical (unpaired) electrons. The summed E-state index contributed by atoms with van der Waals surface area (Å²) in [5.74, 6) is 0. The third-order valence-electron chi connectivity index (χ3n) is 5.34. The lowest BCUT2D eigenvalue weighted by Crippen LogP contribution is -2.66. The highest BCUT2D eigenvalue weighted by Gasteiger charge is 2.51. The number of hydrogen-bond donors (Lipinski definition) is 2. The van der Waals surface area contributed by atoms with E-state index in [1.165, 1.54) is 38.5 Å². The lowest BCUT2D eigenvalue weighted by molar-refractivity contribution is -0.0356. The summed E-state index contributed by atoms with van der Waals surface area (Å²) in [6, 6.07) is 0. The maximum Gasteiger partial charge on any atom is 0.0694 e. The van der Waals surface area contributed by atoms with Crippen molar-refractivity contribution in [2.24, 2.45) is 22.3 Å². The molecule has 0 heterocycles. The van der Waals surface area contributed by atoms with Crippen LogP contribution in [0.1, 0.15) is 92.9 Å². The summed E-state index contributed by atoms with van der Waals surface area (Å²) in [6.07, 6.45) is 9.31. The smallest absolute Gasteiger partial charge is 0.0694 e. The molecule has 0 aromatic carbocycles. The molecule has 0 rings (SSSR count). The zero-order valence-corrected chi connectivity index (χ0v) is 14.3. The van der Waals surface area contributed by atoms with Gasteiger partial charge in [0.2, 0.25) is 0 Å². The maximum absolute atomic E-state index is 6.56. The fourth-order valence-electron chi connectivity index (χ4n) is 3.97. The molecule has 0 aromatic heterocycles. The molecule has 0 unspecified atom stereocenters. The zero-order chi connectivity index (χ0) is 15.2. The number of rotatable bonds is 10. The van der Waals surface area contributed by atoms with Crippen LogP contribution in [0.4, 0.5) is 0 Å². The van der Waals surface area contributed by atoms with Gasteiger partial charge in [0.15, 0.2) is 0 Å². The molecule has 0 aliphatic heterocycles. The van der Waals surface area contributed by atoms with E-state index < -0.39 is 5.66 Å². The van der Waals surface area contributed by atoms with Gasteiger partial charge in [0.1, 0.15) is 0 Å². The van der Waals surface area contributed by atoms with E-state index >= 15 is 0 Å². The van der Waals surface area contributed by atoms with Crippen molar-refractivity contribution >= 4 is 0 Å². The SMILES string of the molecule is CCCC(N)(N)C(C)(C)C(CCC)(CCC)CCC. The lowest BCUT2D eigenvalue weighted by atomic mass is 9.53. The molecule has 0 saturated heterocycles. The summed E-state index contributed by atoms with van der Waals surface area (Å²) < 4.78 is 0. The Morgan fingerprint density at radius 2 is 0.947 bits per heavy atom. The molecule has 0 saturated carbocycles. The molecule has 0 fully saturated rings. The van der Waals surface area contributed by atoms with Crippen LogP contribution in [0.2, 0.25) is 0 Å². The van der Waals surface area contributed by atoms with Crippen LogP contribution in [0.15, 0.2) is 0 Å². The summed E-state index contributed by atoms with van der Waals surface area (Å²) in [5, 5.41) is 0. The Morgan fingerprint density at radius 1 is 0.632 bits per heavy atom. The van der Waals surface area contributed by atoms with Gasteiger partial charge in [-0.05, 0) is 31.1 Å². The summed E-state index contributed by atoms with van der Waals surface area (Å²) in [5.41, 5.74) is 12.8. The fraction of sp³-hybridized carbons (Fsp3) is 1.00. The van der Waals surface area contributed by atoms with Crippen LogP contribution in [-0.2, 0) is 0 Å². The summed E-state index contributed by atoms with van der Waals surface area (Å²) >= 11 is 0. The van der Waals surface area contributed by atoms with Crippen LogP contribution in [-0.4, -0.2) is 5.66 Å². The molecule has 0 amide bonds. The minimum atomic E-state index is -0.568. The zero-order valence-electron chi connectivity index (χ0n) is 14.3. The molecule has 19 heavy (non-hydrogen) atoms. The first kappa shape index (κ1) is 18.9. The average molecular weight is 271 g/mol. The third kappa shape index (κ3) is 3.95. The standard InChI is InChI=1S/C17H38N2/c1-7-11-16(12-8-2,13-9-3)15(5,6)17(18,19)14-10-4/h7-14,18-19H2,1-6H3. The highest BCUT2D eigenvalue weighted by Crippen LogP contribution is 2.54. The van der Waals surface area contributed by atoms with Crippen LogP contribution >= 0.6 is 0 Å². The van der Waals surface area contributed by atoms with Gasteiger partial charge in [-0.3, -0.25) is 0 Å². The monoisotopic (exact) mass is 270 g/mol. The highest BCUT2D eigenvalue weighted by molar-refractivity contribution is 5.04. The van der Waals surface area contributed by atoms with Crippen molar-refractivity contribution in [3.05, 3.63) is 0 Å². The lowest BCUT2D eigenvalue weighted by Gasteiger charge is -2.55. The van der Waals surface area contributed by atoms with Crippen molar-refractivity contribution in [1.29, 1.82) is 0 Å². The van der Waals surface area contributed by atoms with Crippen LogP contribution in [0.25, 0.3) is 0 Å². The van der Waals surface area contributed by atoms with Crippen molar-refractivity contribution in [2.75, 3.05) is 0 Å². The highest BCUT2D eigenvalue weighted by atomic mass is 15.0. The summed E-state index contributed by atoms with van der Waals surface area (Å²) in [7, 11) is 0. The van der Waals surface area contributed by atoms with E-state index in [-0.39, 0.29) is 10.8 Å². The van der Waals surface area contributed by atoms with Crippen molar-refractivity contribution < 1.29 is 0 Å². The molecule has 0 aliphatic rings. The van der Waals surface area contributed by atoms with E-state index in [4.69, 9.17) is 11.5 Å². The first-order valence-electron chi connectivity index (χ1n) is 8.32. The predicted molar refractivity (Wildman–Crippen MR) is 87.0 cm³/mol. The molecule has 2 nitrogen and oxygen atoms in total. The van der Waals surface area contributed by atoms with Gasteiger partial charge in [-0.2, -0.15) is 0 Å². The topological polar surface area (TPSA) is 52.0 Å². The summed E-state index contributed by atoms with van der Waals surface area (Å²) in [4.78, 5) is 0. The first-order valence-corrected chi connectivity index (χ1v) is 8.32. The van der Waals surface area contributed by atoms with Gasteiger partial charge in [-0.25, -0.2) is 0 Å². The fourth-order valence-corrected chi connectivity index (χ4v) is 3.97. The van der Waals surface area contributed by atoms with Gasteiger partial charge in [0, 0.05) is 5.41 Å². The first-order chi connectivity index (χ1) is 8.74. The molecule has 4 N–H and O–H groups in total. The molecular weight excluding hydrogens is 232 g/mol. The number of hydrogen-bond acceptors (Lipinski definition) is 2. The second-order valence-electron chi connectivity index (χ2n) is 6.95. The molecule has 0 aromatic rings. The Balaban J connectivity index is 5.51. The van der Waals surface area contributed by atoms with Crippen molar-refractivity contribution in [1.82, 2.24) is 0 Å². The quantitative estimate of drug-likeness (QED) is 0.559. The van der Waals surface area contributed by atoms with Gasteiger partial charge in [0.05, 0.1) is 5.66 Å². The molecule has 0 bridgehead atoms. The second-order valence-corrected chi connectivity index (χ2v) is 6.95. The van der Waals surface area contributed by atoms with Crippen molar-refractivity contribution in [3.8, 4) is 0 Å². The van der Waals surface area contributed by atoms with Gasteiger partial charge in [0.25, 0.3) is 0 Å². The van der Waals surface area contributed by atoms with E-state index in [0.717, 1.165) is 12.8 Å². The minimum absolute atomic E-state index is 0.0297. The molecule has 116 valence electrons. The third-order valence-corrected chi connectivity index (χ3v) is 5.34. The molecule has 2 heteroatoms. The normalized spacial score (nSPS) is 13.9. The predicted octanol–water partition coefficient (Wildman–Crippen LogP) is 4.81. The molecular formula is C17H38N2. The molecule has 0 atom stereocenters. The van der Waals surface area contributed by atoms with E-state index in [1.807, 2.05) is 0 Å². The van der Waals surface area contributed by atoms with Crippen molar-refractivity contribution in [2.45, 2.75) is 98.6 Å². The Hall–Kier alpha value is -0.0800. The molecule has 0 spiro atoms. The minimum Gasteiger partial charge on any atom is -0.313 e. The van der Waals surface area contributed by atoms with Gasteiger partial charge < -0.3 is 11.5 Å². The second kappa shape index (κ2) is 7.64. The van der Waals surface area contributed by atoms with E-state index in [0.29, 0.717) is 0 Å². The van der Waals surface area contributed by atoms with Crippen LogP contribution in [0.5, 0.6) is 0 Å². The number of nitrogens with two attached hydrogens (primary N) is 2. The maximum atomic E-state index is 6.56. The largest absolute Gasteiger partial charge is 0.313 e. The Morgan fingerprint density at radius 3 is 1.21 bits per heavy atom. The van der Waals surface area contributed by atoms with Gasteiger partial charge >= 0.3 is 0 Å².